The first-order valence-corrected chi connectivity index (χ1v) is 5.84. The summed E-state index contributed by atoms with van der Waals surface area (Å²) in [5.74, 6) is -0.0483. The van der Waals surface area contributed by atoms with E-state index in [0.717, 1.165) is 25.0 Å². The topological polar surface area (TPSA) is 57.9 Å². The number of halogens is 3. The van der Waals surface area contributed by atoms with Crippen LogP contribution in [-0.4, -0.2) is 24.2 Å². The smallest absolute Gasteiger partial charge is 0.376 e. The molecule has 0 bridgehead atoms. The Bertz CT molecular complexity index is 490. The SMILES string of the molecule is N#Cc1ccc(C(F)(F)F)nc1NCC1CCCO1. The van der Waals surface area contributed by atoms with Gasteiger partial charge in [0.15, 0.2) is 0 Å². The Balaban J connectivity index is 2.14. The van der Waals surface area contributed by atoms with Gasteiger partial charge in [0.25, 0.3) is 0 Å². The summed E-state index contributed by atoms with van der Waals surface area (Å²) in [6.07, 6.45) is -2.77. The highest BCUT2D eigenvalue weighted by Crippen LogP contribution is 2.29. The number of rotatable bonds is 3. The highest BCUT2D eigenvalue weighted by atomic mass is 19.4. The van der Waals surface area contributed by atoms with Gasteiger partial charge in [-0.1, -0.05) is 0 Å². The van der Waals surface area contributed by atoms with Crippen LogP contribution in [0.2, 0.25) is 0 Å². The van der Waals surface area contributed by atoms with Crippen LogP contribution in [0.25, 0.3) is 0 Å². The molecule has 1 unspecified atom stereocenters. The van der Waals surface area contributed by atoms with Crippen LogP contribution in [0, 0.1) is 11.3 Å². The minimum Gasteiger partial charge on any atom is -0.376 e. The lowest BCUT2D eigenvalue weighted by molar-refractivity contribution is -0.141. The molecule has 1 fully saturated rings. The summed E-state index contributed by atoms with van der Waals surface area (Å²) in [4.78, 5) is 3.46. The van der Waals surface area contributed by atoms with E-state index in [0.29, 0.717) is 13.2 Å². The fourth-order valence-electron chi connectivity index (χ4n) is 1.86. The molecule has 1 aromatic rings. The molecule has 1 atom stereocenters. The Hall–Kier alpha value is -1.81. The van der Waals surface area contributed by atoms with Crippen LogP contribution in [0.3, 0.4) is 0 Å². The molecular weight excluding hydrogens is 259 g/mol. The monoisotopic (exact) mass is 271 g/mol. The highest BCUT2D eigenvalue weighted by molar-refractivity contribution is 5.52. The van der Waals surface area contributed by atoms with Crippen LogP contribution in [0.15, 0.2) is 12.1 Å². The average molecular weight is 271 g/mol. The van der Waals surface area contributed by atoms with Crippen LogP contribution in [-0.2, 0) is 10.9 Å². The van der Waals surface area contributed by atoms with Crippen LogP contribution in [0.1, 0.15) is 24.1 Å². The highest BCUT2D eigenvalue weighted by Gasteiger charge is 2.33. The first-order chi connectivity index (χ1) is 9.00. The van der Waals surface area contributed by atoms with Gasteiger partial charge >= 0.3 is 6.18 Å². The zero-order valence-electron chi connectivity index (χ0n) is 10.00. The number of alkyl halides is 3. The normalized spacial score (nSPS) is 19.2. The second-order valence-corrected chi connectivity index (χ2v) is 4.22. The molecule has 4 nitrogen and oxygen atoms in total. The van der Waals surface area contributed by atoms with Crippen LogP contribution < -0.4 is 5.32 Å². The van der Waals surface area contributed by atoms with Gasteiger partial charge in [0, 0.05) is 13.2 Å². The van der Waals surface area contributed by atoms with Crippen molar-refractivity contribution in [1.82, 2.24) is 4.98 Å². The molecular formula is C12H12F3N3O. The predicted octanol–water partition coefficient (Wildman–Crippen LogP) is 2.56. The molecule has 1 aliphatic heterocycles. The molecule has 7 heteroatoms. The summed E-state index contributed by atoms with van der Waals surface area (Å²) < 4.78 is 43.0. The lowest BCUT2D eigenvalue weighted by Crippen LogP contribution is -2.20. The summed E-state index contributed by atoms with van der Waals surface area (Å²) in [5.41, 5.74) is -0.924. The summed E-state index contributed by atoms with van der Waals surface area (Å²) in [7, 11) is 0. The number of hydrogen-bond acceptors (Lipinski definition) is 4. The predicted molar refractivity (Wildman–Crippen MR) is 61.4 cm³/mol. The number of ether oxygens (including phenoxy) is 1. The molecule has 0 aromatic carbocycles. The molecule has 0 saturated carbocycles. The molecule has 2 rings (SSSR count). The fraction of sp³-hybridized carbons (Fsp3) is 0.500. The summed E-state index contributed by atoms with van der Waals surface area (Å²) >= 11 is 0. The summed E-state index contributed by atoms with van der Waals surface area (Å²) in [6, 6.07) is 3.74. The number of hydrogen-bond donors (Lipinski definition) is 1. The molecule has 19 heavy (non-hydrogen) atoms. The molecule has 1 saturated heterocycles. The van der Waals surface area contributed by atoms with Crippen LogP contribution in [0.5, 0.6) is 0 Å². The van der Waals surface area contributed by atoms with Crippen LogP contribution in [0.4, 0.5) is 19.0 Å². The largest absolute Gasteiger partial charge is 0.433 e. The molecule has 0 aliphatic carbocycles. The van der Waals surface area contributed by atoms with E-state index in [4.69, 9.17) is 10.00 Å². The van der Waals surface area contributed by atoms with E-state index in [2.05, 4.69) is 10.3 Å². The number of nitrogens with one attached hydrogen (secondary N) is 1. The van der Waals surface area contributed by atoms with Gasteiger partial charge in [-0.3, -0.25) is 0 Å². The maximum atomic E-state index is 12.5. The van der Waals surface area contributed by atoms with E-state index in [9.17, 15) is 13.2 Å². The van der Waals surface area contributed by atoms with Gasteiger partial charge in [0.05, 0.1) is 11.7 Å². The molecule has 1 aliphatic rings. The molecule has 2 heterocycles. The van der Waals surface area contributed by atoms with Crippen molar-refractivity contribution in [3.05, 3.63) is 23.4 Å². The van der Waals surface area contributed by atoms with Crippen molar-refractivity contribution in [3.8, 4) is 6.07 Å². The van der Waals surface area contributed by atoms with Gasteiger partial charge in [0.2, 0.25) is 0 Å². The summed E-state index contributed by atoms with van der Waals surface area (Å²) in [6.45, 7) is 1.01. The third-order valence-corrected chi connectivity index (χ3v) is 2.83. The minimum atomic E-state index is -4.52. The maximum Gasteiger partial charge on any atom is 0.433 e. The van der Waals surface area contributed by atoms with Gasteiger partial charge in [-0.15, -0.1) is 0 Å². The van der Waals surface area contributed by atoms with E-state index in [-0.39, 0.29) is 17.5 Å². The molecule has 1 N–H and O–H groups in total. The lowest BCUT2D eigenvalue weighted by Gasteiger charge is -2.14. The Kier molecular flexibility index (Phi) is 3.90. The third-order valence-electron chi connectivity index (χ3n) is 2.83. The molecule has 0 spiro atoms. The van der Waals surface area contributed by atoms with Crippen molar-refractivity contribution in [2.24, 2.45) is 0 Å². The fourth-order valence-corrected chi connectivity index (χ4v) is 1.86. The first kappa shape index (κ1) is 13.6. The minimum absolute atomic E-state index is 0.0390. The van der Waals surface area contributed by atoms with Gasteiger partial charge in [-0.05, 0) is 25.0 Å². The van der Waals surface area contributed by atoms with E-state index in [1.165, 1.54) is 0 Å². The zero-order valence-corrected chi connectivity index (χ0v) is 10.00. The molecule has 102 valence electrons. The number of aromatic nitrogens is 1. The van der Waals surface area contributed by atoms with Crippen molar-refractivity contribution < 1.29 is 17.9 Å². The number of anilines is 1. The van der Waals surface area contributed by atoms with Crippen LogP contribution >= 0.6 is 0 Å². The Morgan fingerprint density at radius 3 is 2.84 bits per heavy atom. The maximum absolute atomic E-state index is 12.5. The first-order valence-electron chi connectivity index (χ1n) is 5.84. The number of nitriles is 1. The van der Waals surface area contributed by atoms with E-state index in [1.54, 1.807) is 0 Å². The molecule has 0 amide bonds. The average Bonchev–Trinajstić information content (AvgIpc) is 2.88. The van der Waals surface area contributed by atoms with Gasteiger partial charge in [-0.25, -0.2) is 4.98 Å². The van der Waals surface area contributed by atoms with E-state index in [1.807, 2.05) is 6.07 Å². The van der Waals surface area contributed by atoms with Crippen molar-refractivity contribution >= 4 is 5.82 Å². The van der Waals surface area contributed by atoms with Gasteiger partial charge < -0.3 is 10.1 Å². The quantitative estimate of drug-likeness (QED) is 0.917. The Morgan fingerprint density at radius 1 is 1.47 bits per heavy atom. The Morgan fingerprint density at radius 2 is 2.26 bits per heavy atom. The number of nitrogens with zero attached hydrogens (tertiary/aromatic N) is 2. The number of pyridine rings is 1. The Labute approximate surface area is 108 Å². The van der Waals surface area contributed by atoms with Crippen molar-refractivity contribution in [3.63, 3.8) is 0 Å². The second-order valence-electron chi connectivity index (χ2n) is 4.22. The van der Waals surface area contributed by atoms with Gasteiger partial charge in [-0.2, -0.15) is 18.4 Å². The molecule has 1 aromatic heterocycles. The second kappa shape index (κ2) is 5.45. The lowest BCUT2D eigenvalue weighted by atomic mass is 10.2. The van der Waals surface area contributed by atoms with Crippen molar-refractivity contribution in [2.75, 3.05) is 18.5 Å². The third kappa shape index (κ3) is 3.35. The van der Waals surface area contributed by atoms with E-state index < -0.39 is 11.9 Å². The van der Waals surface area contributed by atoms with E-state index >= 15 is 0 Å². The standard InChI is InChI=1S/C12H12F3N3O/c13-12(14,15)10-4-3-8(6-16)11(18-10)17-7-9-2-1-5-19-9/h3-4,9H,1-2,5,7H2,(H,17,18). The summed E-state index contributed by atoms with van der Waals surface area (Å²) in [5, 5.41) is 11.6. The van der Waals surface area contributed by atoms with Crippen molar-refractivity contribution in [2.45, 2.75) is 25.1 Å². The van der Waals surface area contributed by atoms with Crippen molar-refractivity contribution in [1.29, 1.82) is 5.26 Å². The van der Waals surface area contributed by atoms with Gasteiger partial charge in [0.1, 0.15) is 17.6 Å². The zero-order chi connectivity index (χ0) is 13.9. The molecule has 0 radical (unpaired) electrons.